The van der Waals surface area contributed by atoms with Crippen LogP contribution in [0.4, 0.5) is 0 Å². The van der Waals surface area contributed by atoms with Gasteiger partial charge in [-0.15, -0.1) is 0 Å². The molecule has 2 heteroatoms. The van der Waals surface area contributed by atoms with E-state index in [0.717, 1.165) is 12.6 Å². The Morgan fingerprint density at radius 1 is 1.46 bits per heavy atom. The molecular formula is C11H22N2. The summed E-state index contributed by atoms with van der Waals surface area (Å²) in [6.45, 7) is 5.55. The van der Waals surface area contributed by atoms with E-state index in [1.165, 1.54) is 32.4 Å². The third-order valence-electron chi connectivity index (χ3n) is 2.60. The van der Waals surface area contributed by atoms with Crippen molar-refractivity contribution < 1.29 is 0 Å². The summed E-state index contributed by atoms with van der Waals surface area (Å²) in [5.74, 6) is 0. The first kappa shape index (κ1) is 10.7. The summed E-state index contributed by atoms with van der Waals surface area (Å²) in [4.78, 5) is 2.38. The van der Waals surface area contributed by atoms with E-state index in [4.69, 9.17) is 0 Å². The van der Waals surface area contributed by atoms with Crippen LogP contribution in [0.25, 0.3) is 0 Å². The molecule has 1 aliphatic rings. The van der Waals surface area contributed by atoms with Crippen LogP contribution in [-0.4, -0.2) is 37.6 Å². The summed E-state index contributed by atoms with van der Waals surface area (Å²) in [6.07, 6.45) is 8.43. The van der Waals surface area contributed by atoms with Crippen LogP contribution >= 0.6 is 0 Å². The third-order valence-corrected chi connectivity index (χ3v) is 2.60. The van der Waals surface area contributed by atoms with Crippen LogP contribution in [0.3, 0.4) is 0 Å². The molecule has 1 saturated heterocycles. The van der Waals surface area contributed by atoms with Gasteiger partial charge in [0.1, 0.15) is 0 Å². The maximum Gasteiger partial charge on any atom is 0.0195 e. The van der Waals surface area contributed by atoms with Crippen LogP contribution in [0.5, 0.6) is 0 Å². The number of allylic oxidation sites excluding steroid dienone is 1. The van der Waals surface area contributed by atoms with E-state index < -0.39 is 0 Å². The molecule has 1 heterocycles. The molecule has 0 aromatic rings. The molecule has 0 bridgehead atoms. The fourth-order valence-electron chi connectivity index (χ4n) is 1.82. The van der Waals surface area contributed by atoms with Crippen LogP contribution in [0.2, 0.25) is 0 Å². The first-order valence-corrected chi connectivity index (χ1v) is 5.36. The van der Waals surface area contributed by atoms with Crippen LogP contribution in [0.15, 0.2) is 12.2 Å². The zero-order valence-corrected chi connectivity index (χ0v) is 8.92. The molecular weight excluding hydrogens is 160 g/mol. The topological polar surface area (TPSA) is 15.3 Å². The average molecular weight is 182 g/mol. The average Bonchev–Trinajstić information content (AvgIpc) is 2.16. The molecule has 13 heavy (non-hydrogen) atoms. The molecule has 1 aliphatic heterocycles. The predicted octanol–water partition coefficient (Wildman–Crippen LogP) is 1.64. The lowest BCUT2D eigenvalue weighted by atomic mass is 10.0. The van der Waals surface area contributed by atoms with Crippen LogP contribution in [0.1, 0.15) is 26.2 Å². The minimum atomic E-state index is 0.726. The standard InChI is InChI=1S/C11H22N2/c1-3-4-9-13(2)10-11-7-5-6-8-12-11/h3-4,11-12H,5-10H2,1-2H3/b4-3+. The molecule has 76 valence electrons. The molecule has 0 spiro atoms. The van der Waals surface area contributed by atoms with Gasteiger partial charge in [-0.2, -0.15) is 0 Å². The van der Waals surface area contributed by atoms with Crippen molar-refractivity contribution in [2.24, 2.45) is 0 Å². The van der Waals surface area contributed by atoms with Crippen LogP contribution in [-0.2, 0) is 0 Å². The highest BCUT2D eigenvalue weighted by Gasteiger charge is 2.13. The van der Waals surface area contributed by atoms with Gasteiger partial charge in [0.2, 0.25) is 0 Å². The summed E-state index contributed by atoms with van der Waals surface area (Å²) < 4.78 is 0. The Balaban J connectivity index is 2.14. The monoisotopic (exact) mass is 182 g/mol. The van der Waals surface area contributed by atoms with Crippen molar-refractivity contribution in [3.05, 3.63) is 12.2 Å². The molecule has 0 aliphatic carbocycles. The second kappa shape index (κ2) is 6.17. The van der Waals surface area contributed by atoms with Gasteiger partial charge >= 0.3 is 0 Å². The molecule has 1 fully saturated rings. The molecule has 2 nitrogen and oxygen atoms in total. The maximum atomic E-state index is 3.56. The van der Waals surface area contributed by atoms with E-state index in [2.05, 4.69) is 36.3 Å². The first-order valence-electron chi connectivity index (χ1n) is 5.36. The normalized spacial score (nSPS) is 24.4. The number of hydrogen-bond acceptors (Lipinski definition) is 2. The summed E-state index contributed by atoms with van der Waals surface area (Å²) >= 11 is 0. The molecule has 0 aromatic heterocycles. The molecule has 0 amide bonds. The summed E-state index contributed by atoms with van der Waals surface area (Å²) in [5, 5.41) is 3.56. The van der Waals surface area contributed by atoms with E-state index in [1.54, 1.807) is 0 Å². The van der Waals surface area contributed by atoms with Crippen molar-refractivity contribution in [3.63, 3.8) is 0 Å². The van der Waals surface area contributed by atoms with Gasteiger partial charge in [0.15, 0.2) is 0 Å². The van der Waals surface area contributed by atoms with Crippen molar-refractivity contribution in [2.75, 3.05) is 26.7 Å². The van der Waals surface area contributed by atoms with E-state index in [-0.39, 0.29) is 0 Å². The number of nitrogens with zero attached hydrogens (tertiary/aromatic N) is 1. The number of nitrogens with one attached hydrogen (secondary N) is 1. The SMILES string of the molecule is C/C=C/CN(C)CC1CCCCN1. The van der Waals surface area contributed by atoms with Gasteiger partial charge in [0.25, 0.3) is 0 Å². The van der Waals surface area contributed by atoms with E-state index in [9.17, 15) is 0 Å². The van der Waals surface area contributed by atoms with Crippen molar-refractivity contribution in [3.8, 4) is 0 Å². The van der Waals surface area contributed by atoms with Gasteiger partial charge in [-0.05, 0) is 33.4 Å². The lowest BCUT2D eigenvalue weighted by Gasteiger charge is -2.27. The van der Waals surface area contributed by atoms with Crippen LogP contribution < -0.4 is 5.32 Å². The van der Waals surface area contributed by atoms with Gasteiger partial charge in [-0.25, -0.2) is 0 Å². The number of piperidine rings is 1. The largest absolute Gasteiger partial charge is 0.313 e. The zero-order chi connectivity index (χ0) is 9.52. The van der Waals surface area contributed by atoms with E-state index in [0.29, 0.717) is 0 Å². The molecule has 1 N–H and O–H groups in total. The fraction of sp³-hybridized carbons (Fsp3) is 0.818. The van der Waals surface area contributed by atoms with Gasteiger partial charge < -0.3 is 10.2 Å². The molecule has 1 rings (SSSR count). The Kier molecular flexibility index (Phi) is 5.09. The van der Waals surface area contributed by atoms with Gasteiger partial charge in [-0.1, -0.05) is 18.6 Å². The van der Waals surface area contributed by atoms with E-state index in [1.807, 2.05) is 0 Å². The summed E-state index contributed by atoms with van der Waals surface area (Å²) in [5.41, 5.74) is 0. The Bertz CT molecular complexity index is 148. The number of hydrogen-bond donors (Lipinski definition) is 1. The number of rotatable bonds is 4. The quantitative estimate of drug-likeness (QED) is 0.665. The number of likely N-dealkylation sites (N-methyl/N-ethyl adjacent to an activating group) is 1. The van der Waals surface area contributed by atoms with Crippen molar-refractivity contribution in [1.82, 2.24) is 10.2 Å². The van der Waals surface area contributed by atoms with Crippen molar-refractivity contribution >= 4 is 0 Å². The van der Waals surface area contributed by atoms with Crippen molar-refractivity contribution in [2.45, 2.75) is 32.2 Å². The Morgan fingerprint density at radius 2 is 2.31 bits per heavy atom. The Hall–Kier alpha value is -0.340. The molecule has 1 unspecified atom stereocenters. The van der Waals surface area contributed by atoms with Crippen LogP contribution in [0, 0.1) is 0 Å². The van der Waals surface area contributed by atoms with E-state index >= 15 is 0 Å². The Morgan fingerprint density at radius 3 is 2.92 bits per heavy atom. The lowest BCUT2D eigenvalue weighted by molar-refractivity contribution is 0.280. The minimum absolute atomic E-state index is 0.726. The Labute approximate surface area is 82.0 Å². The molecule has 0 saturated carbocycles. The maximum absolute atomic E-state index is 3.56. The highest BCUT2D eigenvalue weighted by atomic mass is 15.1. The van der Waals surface area contributed by atoms with Crippen molar-refractivity contribution in [1.29, 1.82) is 0 Å². The molecule has 0 aromatic carbocycles. The highest BCUT2D eigenvalue weighted by Crippen LogP contribution is 2.07. The summed E-state index contributed by atoms with van der Waals surface area (Å²) in [7, 11) is 2.19. The van der Waals surface area contributed by atoms with Gasteiger partial charge in [0.05, 0.1) is 0 Å². The lowest BCUT2D eigenvalue weighted by Crippen LogP contribution is -2.42. The minimum Gasteiger partial charge on any atom is -0.313 e. The summed E-state index contributed by atoms with van der Waals surface area (Å²) in [6, 6.07) is 0.726. The first-order chi connectivity index (χ1) is 6.33. The second-order valence-corrected chi connectivity index (χ2v) is 3.94. The molecule has 1 atom stereocenters. The second-order valence-electron chi connectivity index (χ2n) is 3.94. The highest BCUT2D eigenvalue weighted by molar-refractivity contribution is 4.82. The molecule has 0 radical (unpaired) electrons. The fourth-order valence-corrected chi connectivity index (χ4v) is 1.82. The van der Waals surface area contributed by atoms with Gasteiger partial charge in [-0.3, -0.25) is 0 Å². The predicted molar refractivity (Wildman–Crippen MR) is 58.0 cm³/mol. The smallest absolute Gasteiger partial charge is 0.0195 e. The third kappa shape index (κ3) is 4.44. The van der Waals surface area contributed by atoms with Gasteiger partial charge in [0, 0.05) is 19.1 Å². The zero-order valence-electron chi connectivity index (χ0n) is 8.92.